The third kappa shape index (κ3) is 7.51. The molecule has 1 aromatic carbocycles. The molecule has 0 aliphatic heterocycles. The summed E-state index contributed by atoms with van der Waals surface area (Å²) in [5, 5.41) is 16.1. The number of aliphatic imine (C=N–C) groups is 1. The standard InChI is InChI=1S/C15H24FN3O2/c1-4-17-15(19-11(2)3)18-9-13(20)10-21-14-7-5-12(16)6-8-14/h5-8,11,13,20H,4,9-10H2,1-3H3,(H2,17,18,19). The van der Waals surface area contributed by atoms with Crippen molar-refractivity contribution < 1.29 is 14.2 Å². The molecule has 0 aliphatic carbocycles. The summed E-state index contributed by atoms with van der Waals surface area (Å²) in [7, 11) is 0. The molecule has 118 valence electrons. The van der Waals surface area contributed by atoms with Gasteiger partial charge in [-0.25, -0.2) is 4.39 Å². The Balaban J connectivity index is 2.40. The molecule has 0 amide bonds. The Morgan fingerprint density at radius 1 is 1.33 bits per heavy atom. The Kier molecular flexibility index (Phi) is 7.53. The summed E-state index contributed by atoms with van der Waals surface area (Å²) in [6.45, 7) is 7.09. The van der Waals surface area contributed by atoms with Crippen LogP contribution >= 0.6 is 0 Å². The van der Waals surface area contributed by atoms with Crippen molar-refractivity contribution >= 4 is 5.96 Å². The van der Waals surface area contributed by atoms with Gasteiger partial charge >= 0.3 is 0 Å². The summed E-state index contributed by atoms with van der Waals surface area (Å²) in [5.74, 6) is 0.863. The van der Waals surface area contributed by atoms with Crippen LogP contribution in [0, 0.1) is 5.82 Å². The average molecular weight is 297 g/mol. The number of hydrogen-bond donors (Lipinski definition) is 3. The zero-order valence-electron chi connectivity index (χ0n) is 12.8. The summed E-state index contributed by atoms with van der Waals surface area (Å²) in [6.07, 6.45) is -0.724. The van der Waals surface area contributed by atoms with Gasteiger partial charge in [-0.1, -0.05) is 0 Å². The maximum atomic E-state index is 12.7. The molecular formula is C15H24FN3O2. The van der Waals surface area contributed by atoms with Gasteiger partial charge < -0.3 is 20.5 Å². The number of nitrogens with one attached hydrogen (secondary N) is 2. The van der Waals surface area contributed by atoms with E-state index in [9.17, 15) is 9.50 Å². The molecule has 0 saturated heterocycles. The lowest BCUT2D eigenvalue weighted by atomic mass is 10.3. The number of guanidine groups is 1. The van der Waals surface area contributed by atoms with Gasteiger partial charge in [0.2, 0.25) is 0 Å². The molecule has 0 radical (unpaired) electrons. The van der Waals surface area contributed by atoms with Crippen LogP contribution in [0.5, 0.6) is 5.75 Å². The van der Waals surface area contributed by atoms with Gasteiger partial charge in [0, 0.05) is 12.6 Å². The van der Waals surface area contributed by atoms with Crippen molar-refractivity contribution in [3.8, 4) is 5.75 Å². The quantitative estimate of drug-likeness (QED) is 0.527. The van der Waals surface area contributed by atoms with E-state index in [-0.39, 0.29) is 25.0 Å². The molecule has 5 nitrogen and oxygen atoms in total. The maximum absolute atomic E-state index is 12.7. The van der Waals surface area contributed by atoms with E-state index in [4.69, 9.17) is 4.74 Å². The fourth-order valence-corrected chi connectivity index (χ4v) is 1.57. The highest BCUT2D eigenvalue weighted by atomic mass is 19.1. The predicted octanol–water partition coefficient (Wildman–Crippen LogP) is 1.53. The molecule has 3 N–H and O–H groups in total. The molecule has 0 aromatic heterocycles. The molecule has 0 heterocycles. The summed E-state index contributed by atoms with van der Waals surface area (Å²) in [4.78, 5) is 4.28. The van der Waals surface area contributed by atoms with E-state index < -0.39 is 6.10 Å². The molecule has 0 bridgehead atoms. The van der Waals surface area contributed by atoms with Crippen LogP contribution in [-0.2, 0) is 0 Å². The molecule has 1 aromatic rings. The zero-order chi connectivity index (χ0) is 15.7. The van der Waals surface area contributed by atoms with Crippen LogP contribution in [-0.4, -0.2) is 42.9 Å². The van der Waals surface area contributed by atoms with E-state index in [1.54, 1.807) is 0 Å². The number of nitrogens with zero attached hydrogens (tertiary/aromatic N) is 1. The minimum atomic E-state index is -0.724. The van der Waals surface area contributed by atoms with Crippen LogP contribution in [0.25, 0.3) is 0 Å². The highest BCUT2D eigenvalue weighted by molar-refractivity contribution is 5.79. The van der Waals surface area contributed by atoms with Gasteiger partial charge in [-0.3, -0.25) is 4.99 Å². The van der Waals surface area contributed by atoms with Gasteiger partial charge in [0.1, 0.15) is 24.3 Å². The first-order chi connectivity index (χ1) is 10.0. The van der Waals surface area contributed by atoms with E-state index in [1.807, 2.05) is 20.8 Å². The Bertz CT molecular complexity index is 435. The van der Waals surface area contributed by atoms with Crippen molar-refractivity contribution in [1.82, 2.24) is 10.6 Å². The summed E-state index contributed by atoms with van der Waals surface area (Å²) in [5.41, 5.74) is 0. The van der Waals surface area contributed by atoms with Crippen molar-refractivity contribution in [3.63, 3.8) is 0 Å². The van der Waals surface area contributed by atoms with Crippen LogP contribution in [0.4, 0.5) is 4.39 Å². The molecule has 6 heteroatoms. The first-order valence-corrected chi connectivity index (χ1v) is 7.12. The van der Waals surface area contributed by atoms with Crippen LogP contribution in [0.3, 0.4) is 0 Å². The third-order valence-electron chi connectivity index (χ3n) is 2.49. The Hall–Kier alpha value is -1.82. The minimum absolute atomic E-state index is 0.107. The Morgan fingerprint density at radius 2 is 2.00 bits per heavy atom. The third-order valence-corrected chi connectivity index (χ3v) is 2.49. The number of aliphatic hydroxyl groups is 1. The van der Waals surface area contributed by atoms with Gasteiger partial charge in [0.25, 0.3) is 0 Å². The highest BCUT2D eigenvalue weighted by Crippen LogP contribution is 2.11. The lowest BCUT2D eigenvalue weighted by molar-refractivity contribution is 0.114. The smallest absolute Gasteiger partial charge is 0.191 e. The normalized spacial score (nSPS) is 13.1. The van der Waals surface area contributed by atoms with Crippen molar-refractivity contribution in [1.29, 1.82) is 0 Å². The van der Waals surface area contributed by atoms with Gasteiger partial charge in [-0.05, 0) is 45.0 Å². The van der Waals surface area contributed by atoms with Gasteiger partial charge in [-0.2, -0.15) is 0 Å². The van der Waals surface area contributed by atoms with Gasteiger partial charge in [0.05, 0.1) is 6.54 Å². The van der Waals surface area contributed by atoms with Crippen LogP contribution < -0.4 is 15.4 Å². The highest BCUT2D eigenvalue weighted by Gasteiger charge is 2.06. The number of ether oxygens (including phenoxy) is 1. The molecular weight excluding hydrogens is 273 g/mol. The largest absolute Gasteiger partial charge is 0.491 e. The number of rotatable bonds is 7. The van der Waals surface area contributed by atoms with E-state index in [1.165, 1.54) is 24.3 Å². The summed E-state index contributed by atoms with van der Waals surface area (Å²) >= 11 is 0. The van der Waals surface area contributed by atoms with Gasteiger partial charge in [-0.15, -0.1) is 0 Å². The van der Waals surface area contributed by atoms with E-state index in [0.29, 0.717) is 11.7 Å². The summed E-state index contributed by atoms with van der Waals surface area (Å²) < 4.78 is 18.1. The predicted molar refractivity (Wildman–Crippen MR) is 82.2 cm³/mol. The Labute approximate surface area is 125 Å². The molecule has 0 saturated carbocycles. The first-order valence-electron chi connectivity index (χ1n) is 7.12. The molecule has 21 heavy (non-hydrogen) atoms. The monoisotopic (exact) mass is 297 g/mol. The number of benzene rings is 1. The zero-order valence-corrected chi connectivity index (χ0v) is 12.8. The number of aliphatic hydroxyl groups excluding tert-OH is 1. The lowest BCUT2D eigenvalue weighted by Crippen LogP contribution is -2.41. The molecule has 0 aliphatic rings. The van der Waals surface area contributed by atoms with Crippen molar-refractivity contribution in [3.05, 3.63) is 30.1 Å². The number of halogens is 1. The SMILES string of the molecule is CCNC(=NCC(O)COc1ccc(F)cc1)NC(C)C. The van der Waals surface area contributed by atoms with Crippen LogP contribution in [0.15, 0.2) is 29.3 Å². The van der Waals surface area contributed by atoms with Crippen molar-refractivity contribution in [2.24, 2.45) is 4.99 Å². The van der Waals surface area contributed by atoms with Gasteiger partial charge in [0.15, 0.2) is 5.96 Å². The number of hydrogen-bond acceptors (Lipinski definition) is 3. The molecule has 1 atom stereocenters. The molecule has 1 unspecified atom stereocenters. The van der Waals surface area contributed by atoms with E-state index in [2.05, 4.69) is 15.6 Å². The topological polar surface area (TPSA) is 65.9 Å². The van der Waals surface area contributed by atoms with Crippen LogP contribution in [0.2, 0.25) is 0 Å². The fourth-order valence-electron chi connectivity index (χ4n) is 1.57. The van der Waals surface area contributed by atoms with E-state index >= 15 is 0 Å². The second-order valence-electron chi connectivity index (χ2n) is 4.94. The van der Waals surface area contributed by atoms with E-state index in [0.717, 1.165) is 6.54 Å². The minimum Gasteiger partial charge on any atom is -0.491 e. The maximum Gasteiger partial charge on any atom is 0.191 e. The average Bonchev–Trinajstić information content (AvgIpc) is 2.44. The fraction of sp³-hybridized carbons (Fsp3) is 0.533. The lowest BCUT2D eigenvalue weighted by Gasteiger charge is -2.15. The van der Waals surface area contributed by atoms with Crippen molar-refractivity contribution in [2.45, 2.75) is 32.9 Å². The second-order valence-corrected chi connectivity index (χ2v) is 4.94. The first kappa shape index (κ1) is 17.2. The van der Waals surface area contributed by atoms with Crippen LogP contribution in [0.1, 0.15) is 20.8 Å². The molecule has 0 fully saturated rings. The molecule has 1 rings (SSSR count). The van der Waals surface area contributed by atoms with Crippen molar-refractivity contribution in [2.75, 3.05) is 19.7 Å². The molecule has 0 spiro atoms. The summed E-state index contributed by atoms with van der Waals surface area (Å²) in [6, 6.07) is 5.94. The second kappa shape index (κ2) is 9.18. The Morgan fingerprint density at radius 3 is 2.57 bits per heavy atom.